The van der Waals surface area contributed by atoms with E-state index in [1.807, 2.05) is 11.6 Å². The van der Waals surface area contributed by atoms with Gasteiger partial charge in [-0.3, -0.25) is 4.79 Å². The number of aromatic nitrogens is 2. The van der Waals surface area contributed by atoms with Gasteiger partial charge in [0.25, 0.3) is 0 Å². The maximum atomic E-state index is 11.5. The van der Waals surface area contributed by atoms with Crippen LogP contribution in [0.15, 0.2) is 6.33 Å². The molecule has 0 aromatic carbocycles. The van der Waals surface area contributed by atoms with E-state index in [0.717, 1.165) is 12.1 Å². The molecule has 70 valence electrons. The van der Waals surface area contributed by atoms with Crippen LogP contribution >= 0.6 is 0 Å². The van der Waals surface area contributed by atoms with Crippen molar-refractivity contribution in [2.45, 2.75) is 12.8 Å². The predicted molar refractivity (Wildman–Crippen MR) is 48.4 cm³/mol. The van der Waals surface area contributed by atoms with Crippen LogP contribution in [-0.2, 0) is 13.5 Å². The minimum atomic E-state index is 0.136. The van der Waals surface area contributed by atoms with Crippen LogP contribution in [0.5, 0.6) is 0 Å². The fourth-order valence-corrected chi connectivity index (χ4v) is 1.80. The zero-order valence-corrected chi connectivity index (χ0v) is 7.66. The van der Waals surface area contributed by atoms with E-state index in [4.69, 9.17) is 5.73 Å². The van der Waals surface area contributed by atoms with Gasteiger partial charge in [0, 0.05) is 19.2 Å². The molecule has 0 fully saturated rings. The molecule has 1 atom stereocenters. The summed E-state index contributed by atoms with van der Waals surface area (Å²) in [5.74, 6) is 0.438. The van der Waals surface area contributed by atoms with Gasteiger partial charge >= 0.3 is 0 Å². The van der Waals surface area contributed by atoms with E-state index >= 15 is 0 Å². The van der Waals surface area contributed by atoms with Crippen LogP contribution in [0.1, 0.15) is 22.6 Å². The van der Waals surface area contributed by atoms with Crippen molar-refractivity contribution in [3.05, 3.63) is 17.7 Å². The van der Waals surface area contributed by atoms with Crippen LogP contribution in [0.25, 0.3) is 0 Å². The Bertz CT molecular complexity index is 343. The number of Topliss-reactive ketones (excluding diaryl/α,β-unsaturated/α-hetero) is 1. The topological polar surface area (TPSA) is 60.9 Å². The van der Waals surface area contributed by atoms with Crippen molar-refractivity contribution >= 4 is 5.78 Å². The summed E-state index contributed by atoms with van der Waals surface area (Å²) in [6, 6.07) is 0. The quantitative estimate of drug-likeness (QED) is 0.666. The largest absolute Gasteiger partial charge is 0.337 e. The van der Waals surface area contributed by atoms with Gasteiger partial charge in [-0.1, -0.05) is 0 Å². The van der Waals surface area contributed by atoms with Gasteiger partial charge < -0.3 is 10.3 Å². The van der Waals surface area contributed by atoms with Crippen LogP contribution in [-0.4, -0.2) is 21.9 Å². The third kappa shape index (κ3) is 1.27. The van der Waals surface area contributed by atoms with Gasteiger partial charge in [-0.15, -0.1) is 0 Å². The van der Waals surface area contributed by atoms with E-state index in [9.17, 15) is 4.79 Å². The van der Waals surface area contributed by atoms with Gasteiger partial charge in [0.1, 0.15) is 5.69 Å². The van der Waals surface area contributed by atoms with Crippen LogP contribution in [0, 0.1) is 5.92 Å². The van der Waals surface area contributed by atoms with Crippen molar-refractivity contribution in [1.29, 1.82) is 0 Å². The van der Waals surface area contributed by atoms with E-state index in [1.165, 1.54) is 0 Å². The van der Waals surface area contributed by atoms with Crippen LogP contribution in [0.4, 0.5) is 0 Å². The lowest BCUT2D eigenvalue weighted by Crippen LogP contribution is -2.27. The highest BCUT2D eigenvalue weighted by molar-refractivity contribution is 5.96. The maximum Gasteiger partial charge on any atom is 0.183 e. The van der Waals surface area contributed by atoms with Crippen molar-refractivity contribution in [2.24, 2.45) is 18.7 Å². The Morgan fingerprint density at radius 1 is 1.69 bits per heavy atom. The second-order valence-electron chi connectivity index (χ2n) is 3.58. The standard InChI is InChI=1S/C9H13N3O/c1-12-5-11-9-7(12)2-6(4-10)3-8(9)13/h5-6H,2-4,10H2,1H3. The summed E-state index contributed by atoms with van der Waals surface area (Å²) in [5.41, 5.74) is 7.24. The zero-order chi connectivity index (χ0) is 9.42. The average molecular weight is 179 g/mol. The van der Waals surface area contributed by atoms with E-state index < -0.39 is 0 Å². The van der Waals surface area contributed by atoms with Crippen LogP contribution in [0.2, 0.25) is 0 Å². The van der Waals surface area contributed by atoms with E-state index in [1.54, 1.807) is 6.33 Å². The molecule has 2 rings (SSSR count). The Kier molecular flexibility index (Phi) is 1.92. The summed E-state index contributed by atoms with van der Waals surface area (Å²) in [7, 11) is 1.91. The molecule has 0 bridgehead atoms. The molecule has 0 saturated heterocycles. The molecule has 1 aliphatic rings. The van der Waals surface area contributed by atoms with Crippen molar-refractivity contribution in [3.63, 3.8) is 0 Å². The monoisotopic (exact) mass is 179 g/mol. The summed E-state index contributed by atoms with van der Waals surface area (Å²) in [5, 5.41) is 0. The zero-order valence-electron chi connectivity index (χ0n) is 7.66. The van der Waals surface area contributed by atoms with Crippen molar-refractivity contribution in [1.82, 2.24) is 9.55 Å². The fraction of sp³-hybridized carbons (Fsp3) is 0.556. The molecule has 4 nitrogen and oxygen atoms in total. The molecule has 0 amide bonds. The number of carbonyl (C=O) groups excluding carboxylic acids is 1. The van der Waals surface area contributed by atoms with Gasteiger partial charge in [-0.25, -0.2) is 4.98 Å². The number of hydrogen-bond donors (Lipinski definition) is 1. The Morgan fingerprint density at radius 2 is 2.46 bits per heavy atom. The molecule has 0 radical (unpaired) electrons. The smallest absolute Gasteiger partial charge is 0.183 e. The third-order valence-corrected chi connectivity index (χ3v) is 2.61. The summed E-state index contributed by atoms with van der Waals surface area (Å²) in [6.07, 6.45) is 3.13. The maximum absolute atomic E-state index is 11.5. The second kappa shape index (κ2) is 2.96. The average Bonchev–Trinajstić information content (AvgIpc) is 2.48. The lowest BCUT2D eigenvalue weighted by Gasteiger charge is -2.19. The molecule has 13 heavy (non-hydrogen) atoms. The van der Waals surface area contributed by atoms with Gasteiger partial charge in [-0.2, -0.15) is 0 Å². The van der Waals surface area contributed by atoms with Crippen LogP contribution in [0.3, 0.4) is 0 Å². The first-order chi connectivity index (χ1) is 6.22. The molecular formula is C9H13N3O. The number of nitrogens with zero attached hydrogens (tertiary/aromatic N) is 2. The van der Waals surface area contributed by atoms with Gasteiger partial charge in [0.2, 0.25) is 0 Å². The number of ketones is 1. The molecule has 2 N–H and O–H groups in total. The molecule has 0 aliphatic heterocycles. The van der Waals surface area contributed by atoms with Crippen molar-refractivity contribution in [3.8, 4) is 0 Å². The molecule has 1 aromatic rings. The molecule has 0 saturated carbocycles. The molecular weight excluding hydrogens is 166 g/mol. The molecule has 1 heterocycles. The highest BCUT2D eigenvalue weighted by atomic mass is 16.1. The normalized spacial score (nSPS) is 21.7. The Labute approximate surface area is 76.8 Å². The molecule has 1 aliphatic carbocycles. The van der Waals surface area contributed by atoms with Crippen molar-refractivity contribution in [2.75, 3.05) is 6.54 Å². The Morgan fingerprint density at radius 3 is 3.15 bits per heavy atom. The van der Waals surface area contributed by atoms with Gasteiger partial charge in [-0.05, 0) is 18.9 Å². The van der Waals surface area contributed by atoms with Crippen LogP contribution < -0.4 is 5.73 Å². The molecule has 1 unspecified atom stereocenters. The lowest BCUT2D eigenvalue weighted by atomic mass is 9.89. The summed E-state index contributed by atoms with van der Waals surface area (Å²) >= 11 is 0. The first-order valence-electron chi connectivity index (χ1n) is 4.46. The molecule has 1 aromatic heterocycles. The van der Waals surface area contributed by atoms with E-state index in [0.29, 0.717) is 24.6 Å². The third-order valence-electron chi connectivity index (χ3n) is 2.61. The number of nitrogens with two attached hydrogens (primary N) is 1. The summed E-state index contributed by atoms with van der Waals surface area (Å²) in [6.45, 7) is 0.580. The first kappa shape index (κ1) is 8.44. The Hall–Kier alpha value is -1.16. The Balaban J connectivity index is 2.39. The summed E-state index contributed by atoms with van der Waals surface area (Å²) in [4.78, 5) is 15.6. The molecule has 0 spiro atoms. The number of carbonyl (C=O) groups is 1. The van der Waals surface area contributed by atoms with Gasteiger partial charge in [0.15, 0.2) is 5.78 Å². The highest BCUT2D eigenvalue weighted by Crippen LogP contribution is 2.23. The fourth-order valence-electron chi connectivity index (χ4n) is 1.80. The lowest BCUT2D eigenvalue weighted by molar-refractivity contribution is 0.0945. The number of aryl methyl sites for hydroxylation is 1. The number of imidazole rings is 1. The minimum Gasteiger partial charge on any atom is -0.337 e. The highest BCUT2D eigenvalue weighted by Gasteiger charge is 2.27. The van der Waals surface area contributed by atoms with Gasteiger partial charge in [0.05, 0.1) is 6.33 Å². The first-order valence-corrected chi connectivity index (χ1v) is 4.46. The van der Waals surface area contributed by atoms with Crippen molar-refractivity contribution < 1.29 is 4.79 Å². The predicted octanol–water partition coefficient (Wildman–Crippen LogP) is 0.124. The molecule has 4 heteroatoms. The van der Waals surface area contributed by atoms with E-state index in [-0.39, 0.29) is 5.78 Å². The summed E-state index contributed by atoms with van der Waals surface area (Å²) < 4.78 is 1.91. The number of hydrogen-bond acceptors (Lipinski definition) is 3. The number of rotatable bonds is 1. The second-order valence-corrected chi connectivity index (χ2v) is 3.58. The SMILES string of the molecule is Cn1cnc2c1CC(CN)CC2=O. The number of fused-ring (bicyclic) bond motifs is 1. The van der Waals surface area contributed by atoms with E-state index in [2.05, 4.69) is 4.98 Å². The minimum absolute atomic E-state index is 0.136.